The fourth-order valence-electron chi connectivity index (χ4n) is 20.4. The van der Waals surface area contributed by atoms with Gasteiger partial charge in [0.1, 0.15) is 22.3 Å². The summed E-state index contributed by atoms with van der Waals surface area (Å²) >= 11 is 0. The first-order chi connectivity index (χ1) is 57.1. The maximum absolute atomic E-state index is 6.48. The van der Waals surface area contributed by atoms with Gasteiger partial charge in [-0.1, -0.05) is 386 Å². The van der Waals surface area contributed by atoms with Gasteiger partial charge in [0.05, 0.1) is 0 Å². The smallest absolute Gasteiger partial charge is 0.143 e. The highest BCUT2D eigenvalue weighted by atomic mass is 16.3. The highest BCUT2D eigenvalue weighted by Crippen LogP contribution is 2.56. The predicted molar refractivity (Wildman–Crippen MR) is 491 cm³/mol. The molecule has 0 saturated carbocycles. The SMILES string of the molecule is CC1(C)c2ccc(-c3ccc(-c4c5ccccc5c(-c5ccc(-c6cccc7c6oc6ccccc67)cc5)c5ccccc45)cc3)cc2-c2ccc3ccccc3c21.CC1(C)c2ccc(-c3ccc(-c4c5ccccc5c(-c5cccc(-c6cccc7c6oc6ccccc67)c5)c5ccccc45)cc3)cc2-c2ccc3ccccc3c21. The van der Waals surface area contributed by atoms with Crippen molar-refractivity contribution in [2.75, 3.05) is 0 Å². The molecule has 0 fully saturated rings. The molecule has 2 heteroatoms. The zero-order chi connectivity index (χ0) is 77.1. The van der Waals surface area contributed by atoms with Crippen LogP contribution in [0.4, 0.5) is 0 Å². The molecule has 24 rings (SSSR count). The molecule has 22 aromatic rings. The first kappa shape index (κ1) is 67.3. The standard InChI is InChI=1S/2C57H38O/c1-57(2)51-32-30-38(34-50(51)48-31-29-36-13-3-4-16-41(36)55(48)57)35-25-27-37(28-26-35)53-44-18-5-7-20-46(44)54(47-21-8-6-19-45(47)53)40-15-11-14-39(33-40)42-22-12-23-49-43-17-9-10-24-52(43)58-56(42)49;1-57(2)51-33-31-40(34-50(51)48-32-30-36-12-3-4-13-41(36)55(48)57)35-22-26-38(27-23-35)53-44-15-5-7-17-46(44)54(47-18-8-6-16-45(47)53)39-28-24-37(25-29-39)42-19-11-20-49-43-14-9-10-21-52(43)58-56(42)49/h2*3-34H,1-2H3. The third kappa shape index (κ3) is 10.4. The Morgan fingerprint density at radius 1 is 0.172 bits per heavy atom. The molecule has 2 aliphatic carbocycles. The van der Waals surface area contributed by atoms with Crippen molar-refractivity contribution in [2.45, 2.75) is 38.5 Å². The summed E-state index contributed by atoms with van der Waals surface area (Å²) in [7, 11) is 0. The van der Waals surface area contributed by atoms with Crippen LogP contribution in [0.15, 0.2) is 397 Å². The molecule has 0 unspecified atom stereocenters. The lowest BCUT2D eigenvalue weighted by Gasteiger charge is -2.23. The summed E-state index contributed by atoms with van der Waals surface area (Å²) in [5.74, 6) is 0. The summed E-state index contributed by atoms with van der Waals surface area (Å²) in [6.45, 7) is 9.49. The van der Waals surface area contributed by atoms with E-state index in [9.17, 15) is 0 Å². The molecule has 0 atom stereocenters. The summed E-state index contributed by atoms with van der Waals surface area (Å²) in [4.78, 5) is 0. The zero-order valence-corrected chi connectivity index (χ0v) is 64.8. The Balaban J connectivity index is 0.000000137. The second-order valence-corrected chi connectivity index (χ2v) is 32.7. The number of benzene rings is 20. The van der Waals surface area contributed by atoms with Crippen molar-refractivity contribution < 1.29 is 8.83 Å². The summed E-state index contributed by atoms with van der Waals surface area (Å²) < 4.78 is 12.9. The van der Waals surface area contributed by atoms with Crippen LogP contribution in [-0.4, -0.2) is 0 Å². The van der Waals surface area contributed by atoms with Crippen LogP contribution in [0.2, 0.25) is 0 Å². The molecule has 2 nitrogen and oxygen atoms in total. The molecule has 0 aliphatic heterocycles. The van der Waals surface area contributed by atoms with Crippen molar-refractivity contribution in [1.29, 1.82) is 0 Å². The lowest BCUT2D eigenvalue weighted by Crippen LogP contribution is -2.15. The van der Waals surface area contributed by atoms with Gasteiger partial charge in [0.25, 0.3) is 0 Å². The van der Waals surface area contributed by atoms with Crippen molar-refractivity contribution in [2.24, 2.45) is 0 Å². The molecule has 0 N–H and O–H groups in total. The van der Waals surface area contributed by atoms with Crippen LogP contribution in [0, 0.1) is 0 Å². The Morgan fingerprint density at radius 3 is 0.862 bits per heavy atom. The molecule has 0 radical (unpaired) electrons. The number of hydrogen-bond donors (Lipinski definition) is 0. The van der Waals surface area contributed by atoms with E-state index in [-0.39, 0.29) is 10.8 Å². The number of hydrogen-bond acceptors (Lipinski definition) is 2. The van der Waals surface area contributed by atoms with E-state index in [4.69, 9.17) is 8.83 Å². The van der Waals surface area contributed by atoms with Gasteiger partial charge in [-0.3, -0.25) is 0 Å². The summed E-state index contributed by atoms with van der Waals surface area (Å²) in [6.07, 6.45) is 0. The molecule has 2 aromatic heterocycles. The quantitative estimate of drug-likeness (QED) is 0.142. The van der Waals surface area contributed by atoms with Crippen LogP contribution >= 0.6 is 0 Å². The molecule has 0 saturated heterocycles. The molecule has 0 amide bonds. The second-order valence-electron chi connectivity index (χ2n) is 32.7. The van der Waals surface area contributed by atoms with Gasteiger partial charge >= 0.3 is 0 Å². The van der Waals surface area contributed by atoms with Crippen LogP contribution in [0.1, 0.15) is 49.9 Å². The maximum atomic E-state index is 6.48. The summed E-state index contributed by atoms with van der Waals surface area (Å²) in [5.41, 5.74) is 33.9. The van der Waals surface area contributed by atoms with Crippen LogP contribution in [0.25, 0.3) is 220 Å². The van der Waals surface area contributed by atoms with E-state index in [1.54, 1.807) is 0 Å². The molecule has 0 spiro atoms. The molecule has 2 aliphatic rings. The van der Waals surface area contributed by atoms with E-state index in [1.807, 2.05) is 18.2 Å². The van der Waals surface area contributed by atoms with Gasteiger partial charge in [0.2, 0.25) is 0 Å². The van der Waals surface area contributed by atoms with Gasteiger partial charge in [-0.15, -0.1) is 0 Å². The molecule has 0 bridgehead atoms. The lowest BCUT2D eigenvalue weighted by atomic mass is 9.80. The normalized spacial score (nSPS) is 13.1. The maximum Gasteiger partial charge on any atom is 0.143 e. The fraction of sp³-hybridized carbons (Fsp3) is 0.0526. The largest absolute Gasteiger partial charge is 0.455 e. The predicted octanol–water partition coefficient (Wildman–Crippen LogP) is 32.0. The van der Waals surface area contributed by atoms with Crippen molar-refractivity contribution in [3.63, 3.8) is 0 Å². The first-order valence-corrected chi connectivity index (χ1v) is 40.5. The number of fused-ring (bicyclic) bond motifs is 20. The van der Waals surface area contributed by atoms with E-state index in [0.717, 1.165) is 66.1 Å². The van der Waals surface area contributed by atoms with Crippen molar-refractivity contribution in [3.8, 4) is 111 Å². The van der Waals surface area contributed by atoms with Gasteiger partial charge < -0.3 is 8.83 Å². The van der Waals surface area contributed by atoms with Crippen LogP contribution in [-0.2, 0) is 10.8 Å². The molecule has 20 aromatic carbocycles. The third-order valence-corrected chi connectivity index (χ3v) is 25.7. The zero-order valence-electron chi connectivity index (χ0n) is 64.8. The minimum absolute atomic E-state index is 0.0612. The van der Waals surface area contributed by atoms with E-state index in [0.29, 0.717) is 0 Å². The topological polar surface area (TPSA) is 26.3 Å². The fourth-order valence-corrected chi connectivity index (χ4v) is 20.4. The monoisotopic (exact) mass is 1480 g/mol. The minimum Gasteiger partial charge on any atom is -0.455 e. The summed E-state index contributed by atoms with van der Waals surface area (Å²) in [5, 5.41) is 19.9. The Hall–Kier alpha value is -14.4. The van der Waals surface area contributed by atoms with Crippen molar-refractivity contribution >= 4 is 109 Å². The molecular weight excluding hydrogens is 1400 g/mol. The molecule has 116 heavy (non-hydrogen) atoms. The average molecular weight is 1480 g/mol. The summed E-state index contributed by atoms with van der Waals surface area (Å²) in [6, 6.07) is 143. The highest BCUT2D eigenvalue weighted by molar-refractivity contribution is 6.24. The van der Waals surface area contributed by atoms with Crippen LogP contribution in [0.5, 0.6) is 0 Å². The minimum atomic E-state index is -0.0634. The van der Waals surface area contributed by atoms with Gasteiger partial charge in [0.15, 0.2) is 0 Å². The van der Waals surface area contributed by atoms with Crippen LogP contribution in [0.3, 0.4) is 0 Å². The number of para-hydroxylation sites is 4. The van der Waals surface area contributed by atoms with E-state index >= 15 is 0 Å². The molecule has 544 valence electrons. The highest BCUT2D eigenvalue weighted by Gasteiger charge is 2.39. The number of rotatable bonds is 8. The lowest BCUT2D eigenvalue weighted by molar-refractivity contribution is 0.666. The Bertz CT molecular complexity index is 7740. The van der Waals surface area contributed by atoms with Gasteiger partial charge in [0, 0.05) is 43.5 Å². The molecule has 2 heterocycles. The van der Waals surface area contributed by atoms with Crippen LogP contribution < -0.4 is 0 Å². The van der Waals surface area contributed by atoms with E-state index in [1.165, 1.54) is 176 Å². The van der Waals surface area contributed by atoms with Crippen molar-refractivity contribution in [3.05, 3.63) is 411 Å². The van der Waals surface area contributed by atoms with Gasteiger partial charge in [-0.2, -0.15) is 0 Å². The van der Waals surface area contributed by atoms with Gasteiger partial charge in [-0.25, -0.2) is 0 Å². The van der Waals surface area contributed by atoms with E-state index in [2.05, 4.69) is 398 Å². The Morgan fingerprint density at radius 2 is 0.466 bits per heavy atom. The Kier molecular flexibility index (Phi) is 15.1. The Labute approximate surface area is 673 Å². The van der Waals surface area contributed by atoms with E-state index < -0.39 is 0 Å². The molecular formula is C114H76O2. The first-order valence-electron chi connectivity index (χ1n) is 40.5. The van der Waals surface area contributed by atoms with Gasteiger partial charge in [-0.05, 0) is 217 Å². The third-order valence-electron chi connectivity index (χ3n) is 25.7. The second kappa shape index (κ2) is 26.1. The number of furan rings is 2. The average Bonchev–Trinajstić information content (AvgIpc) is 1.43. The van der Waals surface area contributed by atoms with Crippen molar-refractivity contribution in [1.82, 2.24) is 0 Å².